The van der Waals surface area contributed by atoms with Crippen LogP contribution in [0.1, 0.15) is 20.7 Å². The molecule has 0 aliphatic rings. The van der Waals surface area contributed by atoms with Crippen molar-refractivity contribution in [2.45, 2.75) is 0 Å². The molecule has 1 heterocycles. The van der Waals surface area contributed by atoms with Gasteiger partial charge in [0.1, 0.15) is 10.8 Å². The largest absolute Gasteiger partial charge is 0.366 e. The first-order chi connectivity index (χ1) is 9.00. The molecule has 0 atom stereocenters. The third-order valence-electron chi connectivity index (χ3n) is 2.35. The number of amides is 2. The number of nitrogens with two attached hydrogens (primary N) is 1. The first-order valence-electron chi connectivity index (χ1n) is 5.13. The Morgan fingerprint density at radius 3 is 2.68 bits per heavy atom. The van der Waals surface area contributed by atoms with Gasteiger partial charge in [-0.1, -0.05) is 6.07 Å². The monoisotopic (exact) mass is 342 g/mol. The van der Waals surface area contributed by atoms with Crippen molar-refractivity contribution in [1.82, 2.24) is 0 Å². The molecule has 0 saturated carbocycles. The minimum Gasteiger partial charge on any atom is -0.366 e. The summed E-state index contributed by atoms with van der Waals surface area (Å²) in [5, 5.41) is 4.39. The summed E-state index contributed by atoms with van der Waals surface area (Å²) in [5.41, 5.74) is 5.25. The van der Waals surface area contributed by atoms with Gasteiger partial charge >= 0.3 is 0 Å². The average Bonchev–Trinajstić information content (AvgIpc) is 2.76. The van der Waals surface area contributed by atoms with E-state index in [4.69, 9.17) is 5.73 Å². The quantitative estimate of drug-likeness (QED) is 0.899. The molecular formula is C12H8BrFN2O2S. The summed E-state index contributed by atoms with van der Waals surface area (Å²) in [4.78, 5) is 23.1. The number of hydrogen-bond acceptors (Lipinski definition) is 3. The normalized spacial score (nSPS) is 10.2. The minimum absolute atomic E-state index is 0.119. The van der Waals surface area contributed by atoms with Crippen LogP contribution in [0.15, 0.2) is 34.1 Å². The number of hydrogen-bond donors (Lipinski definition) is 2. The van der Waals surface area contributed by atoms with E-state index in [1.54, 1.807) is 11.4 Å². The Labute approximate surface area is 120 Å². The van der Waals surface area contributed by atoms with E-state index < -0.39 is 17.6 Å². The Balaban J connectivity index is 2.31. The lowest BCUT2D eigenvalue weighted by atomic mass is 10.2. The molecule has 1 aromatic carbocycles. The fraction of sp³-hybridized carbons (Fsp3) is 0. The number of rotatable bonds is 3. The molecule has 0 unspecified atom stereocenters. The molecule has 0 radical (unpaired) electrons. The summed E-state index contributed by atoms with van der Waals surface area (Å²) in [6.07, 6.45) is 0. The van der Waals surface area contributed by atoms with E-state index in [2.05, 4.69) is 21.2 Å². The van der Waals surface area contributed by atoms with Crippen molar-refractivity contribution in [1.29, 1.82) is 0 Å². The lowest BCUT2D eigenvalue weighted by Gasteiger charge is -2.07. The summed E-state index contributed by atoms with van der Waals surface area (Å²) < 4.78 is 13.9. The molecule has 0 saturated heterocycles. The molecule has 2 amide bonds. The van der Waals surface area contributed by atoms with Crippen molar-refractivity contribution >= 4 is 44.1 Å². The first-order valence-corrected chi connectivity index (χ1v) is 6.80. The van der Waals surface area contributed by atoms with E-state index >= 15 is 0 Å². The molecule has 7 heteroatoms. The van der Waals surface area contributed by atoms with Gasteiger partial charge in [-0.15, -0.1) is 11.3 Å². The van der Waals surface area contributed by atoms with Gasteiger partial charge in [0, 0.05) is 4.47 Å². The van der Waals surface area contributed by atoms with Crippen LogP contribution in [-0.2, 0) is 0 Å². The highest BCUT2D eigenvalue weighted by molar-refractivity contribution is 9.10. The molecule has 98 valence electrons. The third kappa shape index (κ3) is 2.82. The number of halogens is 2. The molecule has 0 bridgehead atoms. The van der Waals surface area contributed by atoms with Crippen molar-refractivity contribution < 1.29 is 14.0 Å². The Morgan fingerprint density at radius 1 is 1.32 bits per heavy atom. The van der Waals surface area contributed by atoms with Crippen LogP contribution >= 0.6 is 27.3 Å². The van der Waals surface area contributed by atoms with Gasteiger partial charge in [-0.05, 0) is 39.5 Å². The van der Waals surface area contributed by atoms with E-state index in [1.807, 2.05) is 0 Å². The molecule has 1 aromatic heterocycles. The molecule has 0 aliphatic carbocycles. The van der Waals surface area contributed by atoms with Crippen molar-refractivity contribution in [2.75, 3.05) is 5.32 Å². The zero-order chi connectivity index (χ0) is 14.0. The maximum Gasteiger partial charge on any atom is 0.260 e. The highest BCUT2D eigenvalue weighted by atomic mass is 79.9. The fourth-order valence-electron chi connectivity index (χ4n) is 1.48. The Morgan fingerprint density at radius 2 is 2.05 bits per heavy atom. The zero-order valence-electron chi connectivity index (χ0n) is 9.44. The van der Waals surface area contributed by atoms with E-state index in [0.29, 0.717) is 9.47 Å². The second-order valence-corrected chi connectivity index (χ2v) is 5.35. The molecule has 0 fully saturated rings. The van der Waals surface area contributed by atoms with Gasteiger partial charge in [-0.25, -0.2) is 4.39 Å². The topological polar surface area (TPSA) is 72.2 Å². The molecule has 2 aromatic rings. The van der Waals surface area contributed by atoms with E-state index in [9.17, 15) is 14.0 Å². The molecule has 0 aliphatic heterocycles. The minimum atomic E-state index is -0.649. The number of benzene rings is 1. The lowest BCUT2D eigenvalue weighted by molar-refractivity contribution is 0.100. The number of carbonyl (C=O) groups is 2. The fourth-order valence-corrected chi connectivity index (χ4v) is 2.79. The second-order valence-electron chi connectivity index (χ2n) is 3.58. The van der Waals surface area contributed by atoms with Gasteiger partial charge in [0.2, 0.25) is 0 Å². The maximum absolute atomic E-state index is 13.6. The number of nitrogens with one attached hydrogen (secondary N) is 1. The number of carbonyl (C=O) groups excluding carboxylic acids is 2. The smallest absolute Gasteiger partial charge is 0.260 e. The molecule has 2 rings (SSSR count). The van der Waals surface area contributed by atoms with Crippen molar-refractivity contribution in [3.63, 3.8) is 0 Å². The van der Waals surface area contributed by atoms with Crippen LogP contribution in [0.25, 0.3) is 0 Å². The average molecular weight is 343 g/mol. The van der Waals surface area contributed by atoms with Gasteiger partial charge in [0.05, 0.1) is 11.1 Å². The first kappa shape index (κ1) is 13.7. The third-order valence-corrected chi connectivity index (χ3v) is 3.84. The van der Waals surface area contributed by atoms with Crippen LogP contribution < -0.4 is 11.1 Å². The SMILES string of the molecule is NC(=O)c1ccsc1NC(=O)c1c(F)cccc1Br. The van der Waals surface area contributed by atoms with Crippen LogP contribution in [0.3, 0.4) is 0 Å². The number of primary amides is 1. The predicted molar refractivity (Wildman–Crippen MR) is 74.9 cm³/mol. The van der Waals surface area contributed by atoms with Crippen LogP contribution in [0.5, 0.6) is 0 Å². The van der Waals surface area contributed by atoms with Crippen LogP contribution in [0, 0.1) is 5.82 Å². The summed E-state index contributed by atoms with van der Waals surface area (Å²) in [7, 11) is 0. The Bertz CT molecular complexity index is 637. The number of thiophene rings is 1. The highest BCUT2D eigenvalue weighted by Crippen LogP contribution is 2.26. The van der Waals surface area contributed by atoms with Gasteiger partial charge < -0.3 is 11.1 Å². The summed E-state index contributed by atoms with van der Waals surface area (Å²) >= 11 is 4.25. The van der Waals surface area contributed by atoms with Crippen LogP contribution in [0.4, 0.5) is 9.39 Å². The summed E-state index contributed by atoms with van der Waals surface area (Å²) in [6.45, 7) is 0. The second kappa shape index (κ2) is 5.50. The standard InChI is InChI=1S/C12H8BrFN2O2S/c13-7-2-1-3-8(14)9(7)11(18)16-12-6(10(15)17)4-5-19-12/h1-5H,(H2,15,17)(H,16,18). The van der Waals surface area contributed by atoms with Crippen molar-refractivity contribution in [3.05, 3.63) is 51.1 Å². The summed E-state index contributed by atoms with van der Waals surface area (Å²) in [6, 6.07) is 5.72. The highest BCUT2D eigenvalue weighted by Gasteiger charge is 2.18. The molecular weight excluding hydrogens is 335 g/mol. The van der Waals surface area contributed by atoms with Crippen LogP contribution in [0.2, 0.25) is 0 Å². The van der Waals surface area contributed by atoms with E-state index in [1.165, 1.54) is 18.2 Å². The molecule has 0 spiro atoms. The maximum atomic E-state index is 13.6. The van der Waals surface area contributed by atoms with Gasteiger partial charge in [0.15, 0.2) is 0 Å². The Kier molecular flexibility index (Phi) is 3.96. The predicted octanol–water partition coefficient (Wildman–Crippen LogP) is 3.00. The molecule has 4 nitrogen and oxygen atoms in total. The van der Waals surface area contributed by atoms with E-state index in [-0.39, 0.29) is 11.1 Å². The lowest BCUT2D eigenvalue weighted by Crippen LogP contribution is -2.17. The van der Waals surface area contributed by atoms with Gasteiger partial charge in [-0.3, -0.25) is 9.59 Å². The molecule has 19 heavy (non-hydrogen) atoms. The Hall–Kier alpha value is -1.73. The van der Waals surface area contributed by atoms with E-state index in [0.717, 1.165) is 11.3 Å². The zero-order valence-corrected chi connectivity index (χ0v) is 11.8. The molecule has 3 N–H and O–H groups in total. The summed E-state index contributed by atoms with van der Waals surface area (Å²) in [5.74, 6) is -1.94. The van der Waals surface area contributed by atoms with Crippen molar-refractivity contribution in [2.24, 2.45) is 5.73 Å². The van der Waals surface area contributed by atoms with Crippen LogP contribution in [-0.4, -0.2) is 11.8 Å². The van der Waals surface area contributed by atoms with Gasteiger partial charge in [0.25, 0.3) is 11.8 Å². The number of anilines is 1. The van der Waals surface area contributed by atoms with Crippen molar-refractivity contribution in [3.8, 4) is 0 Å². The van der Waals surface area contributed by atoms with Gasteiger partial charge in [-0.2, -0.15) is 0 Å².